The standard InChI is InChI=1S/C14H12F2N2O2/c1-18(20-2)14(19)9-6-7-17-12(8-9)13-10(15)4-3-5-11(13)16/h3-8H,1-2H3. The normalized spacial score (nSPS) is 10.4. The van der Waals surface area contributed by atoms with E-state index in [0.717, 1.165) is 17.2 Å². The SMILES string of the molecule is CON(C)C(=O)c1ccnc(-c2c(F)cccc2F)c1. The van der Waals surface area contributed by atoms with Crippen LogP contribution in [0.5, 0.6) is 0 Å². The van der Waals surface area contributed by atoms with E-state index in [0.29, 0.717) is 0 Å². The molecule has 0 aliphatic heterocycles. The van der Waals surface area contributed by atoms with Gasteiger partial charge in [-0.25, -0.2) is 13.8 Å². The van der Waals surface area contributed by atoms with Gasteiger partial charge in [0.05, 0.1) is 18.4 Å². The minimum atomic E-state index is -0.734. The van der Waals surface area contributed by atoms with Crippen molar-refractivity contribution in [1.82, 2.24) is 10.0 Å². The molecule has 104 valence electrons. The first-order valence-corrected chi connectivity index (χ1v) is 5.77. The fraction of sp³-hybridized carbons (Fsp3) is 0.143. The quantitative estimate of drug-likeness (QED) is 0.811. The van der Waals surface area contributed by atoms with Crippen molar-refractivity contribution in [3.8, 4) is 11.3 Å². The Kier molecular flexibility index (Phi) is 4.05. The van der Waals surface area contributed by atoms with Gasteiger partial charge in [0.15, 0.2) is 0 Å². The molecule has 0 N–H and O–H groups in total. The topological polar surface area (TPSA) is 42.4 Å². The summed E-state index contributed by atoms with van der Waals surface area (Å²) in [4.78, 5) is 20.6. The van der Waals surface area contributed by atoms with E-state index >= 15 is 0 Å². The van der Waals surface area contributed by atoms with Gasteiger partial charge in [0.25, 0.3) is 5.91 Å². The summed E-state index contributed by atoms with van der Waals surface area (Å²) in [6, 6.07) is 6.30. The molecule has 0 saturated carbocycles. The van der Waals surface area contributed by atoms with Gasteiger partial charge >= 0.3 is 0 Å². The Bertz CT molecular complexity index is 627. The molecule has 0 bridgehead atoms. The Labute approximate surface area is 114 Å². The Hall–Kier alpha value is -2.34. The van der Waals surface area contributed by atoms with Crippen LogP contribution in [0.15, 0.2) is 36.5 Å². The monoisotopic (exact) mass is 278 g/mol. The minimum Gasteiger partial charge on any atom is -0.274 e. The van der Waals surface area contributed by atoms with Crippen molar-refractivity contribution < 1.29 is 18.4 Å². The number of hydrogen-bond donors (Lipinski definition) is 0. The van der Waals surface area contributed by atoms with Crippen molar-refractivity contribution in [2.75, 3.05) is 14.2 Å². The van der Waals surface area contributed by atoms with E-state index in [-0.39, 0.29) is 16.8 Å². The van der Waals surface area contributed by atoms with Crippen LogP contribution in [0.4, 0.5) is 8.78 Å². The van der Waals surface area contributed by atoms with E-state index in [1.807, 2.05) is 0 Å². The van der Waals surface area contributed by atoms with Crippen LogP contribution in [0.1, 0.15) is 10.4 Å². The van der Waals surface area contributed by atoms with Crippen molar-refractivity contribution in [2.24, 2.45) is 0 Å². The lowest BCUT2D eigenvalue weighted by molar-refractivity contribution is -0.0757. The fourth-order valence-corrected chi connectivity index (χ4v) is 1.71. The summed E-state index contributed by atoms with van der Waals surface area (Å²) < 4.78 is 27.4. The zero-order valence-electron chi connectivity index (χ0n) is 10.9. The van der Waals surface area contributed by atoms with Crippen molar-refractivity contribution in [3.63, 3.8) is 0 Å². The molecule has 0 atom stereocenters. The molecule has 1 heterocycles. The smallest absolute Gasteiger partial charge is 0.274 e. The lowest BCUT2D eigenvalue weighted by atomic mass is 10.1. The Morgan fingerprint density at radius 2 is 1.90 bits per heavy atom. The number of rotatable bonds is 3. The molecule has 0 radical (unpaired) electrons. The Morgan fingerprint density at radius 3 is 2.50 bits per heavy atom. The molecule has 20 heavy (non-hydrogen) atoms. The van der Waals surface area contributed by atoms with Crippen LogP contribution in [0.3, 0.4) is 0 Å². The molecule has 0 spiro atoms. The van der Waals surface area contributed by atoms with Crippen LogP contribution >= 0.6 is 0 Å². The number of hydrogen-bond acceptors (Lipinski definition) is 3. The van der Waals surface area contributed by atoms with E-state index < -0.39 is 17.5 Å². The summed E-state index contributed by atoms with van der Waals surface area (Å²) in [6.45, 7) is 0. The maximum absolute atomic E-state index is 13.7. The van der Waals surface area contributed by atoms with Gasteiger partial charge in [-0.15, -0.1) is 0 Å². The third-order valence-electron chi connectivity index (χ3n) is 2.79. The molecular weight excluding hydrogens is 266 g/mol. The molecule has 4 nitrogen and oxygen atoms in total. The molecule has 2 rings (SSSR count). The van der Waals surface area contributed by atoms with Gasteiger partial charge < -0.3 is 0 Å². The first kappa shape index (κ1) is 14.1. The van der Waals surface area contributed by atoms with Gasteiger partial charge in [-0.3, -0.25) is 14.6 Å². The Morgan fingerprint density at radius 1 is 1.25 bits per heavy atom. The maximum atomic E-state index is 13.7. The number of nitrogens with zero attached hydrogens (tertiary/aromatic N) is 2. The second-order valence-electron chi connectivity index (χ2n) is 4.01. The first-order valence-electron chi connectivity index (χ1n) is 5.77. The summed E-state index contributed by atoms with van der Waals surface area (Å²) in [6.07, 6.45) is 1.32. The van der Waals surface area contributed by atoms with Crippen LogP contribution in [-0.2, 0) is 4.84 Å². The molecular formula is C14H12F2N2O2. The van der Waals surface area contributed by atoms with Crippen molar-refractivity contribution >= 4 is 5.91 Å². The molecule has 0 aliphatic rings. The van der Waals surface area contributed by atoms with Crippen molar-refractivity contribution in [1.29, 1.82) is 0 Å². The number of halogens is 2. The molecule has 0 saturated heterocycles. The summed E-state index contributed by atoms with van der Waals surface area (Å²) in [7, 11) is 2.78. The highest BCUT2D eigenvalue weighted by Crippen LogP contribution is 2.24. The highest BCUT2D eigenvalue weighted by atomic mass is 19.1. The average Bonchev–Trinajstić information content (AvgIpc) is 2.46. The van der Waals surface area contributed by atoms with Gasteiger partial charge in [0, 0.05) is 18.8 Å². The molecule has 0 fully saturated rings. The van der Waals surface area contributed by atoms with Gasteiger partial charge in [-0.1, -0.05) is 6.07 Å². The summed E-state index contributed by atoms with van der Waals surface area (Å²) in [5, 5.41) is 1.01. The fourth-order valence-electron chi connectivity index (χ4n) is 1.71. The number of benzene rings is 1. The highest BCUT2D eigenvalue weighted by Gasteiger charge is 2.16. The Balaban J connectivity index is 2.48. The number of carbonyl (C=O) groups excluding carboxylic acids is 1. The third-order valence-corrected chi connectivity index (χ3v) is 2.79. The predicted octanol–water partition coefficient (Wildman–Crippen LogP) is 2.66. The molecule has 1 aromatic carbocycles. The molecule has 2 aromatic rings. The van der Waals surface area contributed by atoms with E-state index in [2.05, 4.69) is 4.98 Å². The number of carbonyl (C=O) groups is 1. The second-order valence-corrected chi connectivity index (χ2v) is 4.01. The third kappa shape index (κ3) is 2.65. The highest BCUT2D eigenvalue weighted by molar-refractivity contribution is 5.94. The molecule has 6 heteroatoms. The van der Waals surface area contributed by atoms with Crippen LogP contribution in [0, 0.1) is 11.6 Å². The summed E-state index contributed by atoms with van der Waals surface area (Å²) in [5.74, 6) is -1.91. The minimum absolute atomic E-state index is 0.0518. The van der Waals surface area contributed by atoms with Crippen LogP contribution in [0.25, 0.3) is 11.3 Å². The van der Waals surface area contributed by atoms with Crippen LogP contribution < -0.4 is 0 Å². The van der Waals surface area contributed by atoms with Crippen LogP contribution in [-0.4, -0.2) is 30.1 Å². The second kappa shape index (κ2) is 5.75. The summed E-state index contributed by atoms with van der Waals surface area (Å²) >= 11 is 0. The van der Waals surface area contributed by atoms with E-state index in [1.54, 1.807) is 0 Å². The van der Waals surface area contributed by atoms with Crippen molar-refractivity contribution in [2.45, 2.75) is 0 Å². The van der Waals surface area contributed by atoms with E-state index in [4.69, 9.17) is 4.84 Å². The molecule has 0 unspecified atom stereocenters. The van der Waals surface area contributed by atoms with Gasteiger partial charge in [0.1, 0.15) is 11.6 Å². The lowest BCUT2D eigenvalue weighted by Gasteiger charge is -2.14. The lowest BCUT2D eigenvalue weighted by Crippen LogP contribution is -2.25. The zero-order chi connectivity index (χ0) is 14.7. The number of hydroxylamine groups is 2. The van der Waals surface area contributed by atoms with E-state index in [1.165, 1.54) is 38.6 Å². The van der Waals surface area contributed by atoms with Gasteiger partial charge in [-0.05, 0) is 24.3 Å². The predicted molar refractivity (Wildman–Crippen MR) is 68.7 cm³/mol. The number of pyridine rings is 1. The van der Waals surface area contributed by atoms with Crippen molar-refractivity contribution in [3.05, 3.63) is 53.7 Å². The van der Waals surface area contributed by atoms with E-state index in [9.17, 15) is 13.6 Å². The largest absolute Gasteiger partial charge is 0.277 e. The molecule has 1 amide bonds. The zero-order valence-corrected chi connectivity index (χ0v) is 10.9. The first-order chi connectivity index (χ1) is 9.54. The number of amides is 1. The molecule has 1 aromatic heterocycles. The average molecular weight is 278 g/mol. The van der Waals surface area contributed by atoms with Gasteiger partial charge in [-0.2, -0.15) is 0 Å². The van der Waals surface area contributed by atoms with Crippen LogP contribution in [0.2, 0.25) is 0 Å². The maximum Gasteiger partial charge on any atom is 0.277 e. The number of aromatic nitrogens is 1. The molecule has 0 aliphatic carbocycles. The summed E-state index contributed by atoms with van der Waals surface area (Å²) in [5.41, 5.74) is 0.0141. The van der Waals surface area contributed by atoms with Gasteiger partial charge in [0.2, 0.25) is 0 Å².